The third-order valence-corrected chi connectivity index (χ3v) is 5.35. The fourth-order valence-electron chi connectivity index (χ4n) is 3.08. The number of hydrogen-bond donors (Lipinski definition) is 1. The van der Waals surface area contributed by atoms with Gasteiger partial charge in [-0.15, -0.1) is 11.3 Å². The van der Waals surface area contributed by atoms with E-state index >= 15 is 0 Å². The first-order valence-corrected chi connectivity index (χ1v) is 9.11. The number of rotatable bonds is 6. The number of aryl methyl sites for hydroxylation is 1. The maximum atomic E-state index is 12.2. The highest BCUT2D eigenvalue weighted by Crippen LogP contribution is 2.20. The minimum absolute atomic E-state index is 0.0136. The molecular formula is C17H24N4O2S. The highest BCUT2D eigenvalue weighted by Gasteiger charge is 2.27. The fraction of sp³-hybridized carbons (Fsp3) is 0.529. The van der Waals surface area contributed by atoms with Gasteiger partial charge in [0.15, 0.2) is 0 Å². The number of urea groups is 1. The Morgan fingerprint density at radius 1 is 1.58 bits per heavy atom. The molecule has 3 heterocycles. The zero-order chi connectivity index (χ0) is 16.9. The van der Waals surface area contributed by atoms with Gasteiger partial charge in [-0.25, -0.2) is 9.78 Å². The van der Waals surface area contributed by atoms with Gasteiger partial charge in [-0.05, 0) is 32.4 Å². The minimum Gasteiger partial charge on any atom is -0.472 e. The molecule has 1 fully saturated rings. The first-order valence-electron chi connectivity index (χ1n) is 8.23. The Morgan fingerprint density at radius 3 is 3.17 bits per heavy atom. The number of carbonyl (C=O) groups excluding carboxylic acids is 1. The van der Waals surface area contributed by atoms with Crippen molar-refractivity contribution in [3.05, 3.63) is 40.2 Å². The van der Waals surface area contributed by atoms with Crippen molar-refractivity contribution >= 4 is 17.4 Å². The molecule has 1 saturated heterocycles. The molecule has 1 aliphatic heterocycles. The number of hydrogen-bond acceptors (Lipinski definition) is 5. The second-order valence-corrected chi connectivity index (χ2v) is 7.39. The molecular weight excluding hydrogens is 324 g/mol. The van der Waals surface area contributed by atoms with Crippen molar-refractivity contribution < 1.29 is 9.21 Å². The molecule has 0 aliphatic carbocycles. The summed E-state index contributed by atoms with van der Waals surface area (Å²) in [6.07, 6.45) is 4.34. The summed E-state index contributed by atoms with van der Waals surface area (Å²) >= 11 is 1.71. The van der Waals surface area contributed by atoms with E-state index in [1.807, 2.05) is 16.5 Å². The summed E-state index contributed by atoms with van der Waals surface area (Å²) in [6.45, 7) is 6.16. The molecule has 0 unspecified atom stereocenters. The molecule has 3 rings (SSSR count). The average Bonchev–Trinajstić information content (AvgIpc) is 3.28. The molecule has 2 amide bonds. The van der Waals surface area contributed by atoms with Crippen LogP contribution in [-0.4, -0.2) is 47.5 Å². The first kappa shape index (κ1) is 17.0. The molecule has 0 radical (unpaired) electrons. The summed E-state index contributed by atoms with van der Waals surface area (Å²) in [5.41, 5.74) is 4.01. The van der Waals surface area contributed by atoms with E-state index in [4.69, 9.17) is 4.42 Å². The van der Waals surface area contributed by atoms with Crippen LogP contribution in [0.2, 0.25) is 0 Å². The van der Waals surface area contributed by atoms with E-state index in [9.17, 15) is 4.79 Å². The summed E-state index contributed by atoms with van der Waals surface area (Å²) in [7, 11) is 2.14. The van der Waals surface area contributed by atoms with Gasteiger partial charge in [0.2, 0.25) is 0 Å². The number of nitrogens with zero attached hydrogens (tertiary/aromatic N) is 3. The van der Waals surface area contributed by atoms with Gasteiger partial charge in [0.25, 0.3) is 0 Å². The van der Waals surface area contributed by atoms with E-state index in [2.05, 4.69) is 29.2 Å². The van der Waals surface area contributed by atoms with Crippen LogP contribution in [0.4, 0.5) is 4.79 Å². The van der Waals surface area contributed by atoms with Crippen LogP contribution in [0, 0.1) is 12.8 Å². The average molecular weight is 348 g/mol. The normalized spacial score (nSPS) is 17.6. The third-order valence-electron chi connectivity index (χ3n) is 4.43. The zero-order valence-corrected chi connectivity index (χ0v) is 15.0. The Labute approximate surface area is 146 Å². The van der Waals surface area contributed by atoms with Crippen LogP contribution >= 0.6 is 11.3 Å². The molecule has 1 atom stereocenters. The Bertz CT molecular complexity index is 655. The van der Waals surface area contributed by atoms with Gasteiger partial charge >= 0.3 is 6.03 Å². The molecule has 6 nitrogen and oxygen atoms in total. The van der Waals surface area contributed by atoms with Crippen molar-refractivity contribution in [2.75, 3.05) is 26.7 Å². The summed E-state index contributed by atoms with van der Waals surface area (Å²) in [6, 6.07) is 1.88. The first-order chi connectivity index (χ1) is 11.6. The van der Waals surface area contributed by atoms with E-state index in [-0.39, 0.29) is 6.03 Å². The van der Waals surface area contributed by atoms with Crippen LogP contribution < -0.4 is 5.32 Å². The number of carbonyl (C=O) groups is 1. The molecule has 2 aromatic heterocycles. The van der Waals surface area contributed by atoms with Crippen LogP contribution in [-0.2, 0) is 13.1 Å². The monoisotopic (exact) mass is 348 g/mol. The fourth-order valence-corrected chi connectivity index (χ4v) is 3.93. The quantitative estimate of drug-likeness (QED) is 0.872. The van der Waals surface area contributed by atoms with Gasteiger partial charge in [0, 0.05) is 43.2 Å². The van der Waals surface area contributed by atoms with E-state index in [1.165, 1.54) is 4.88 Å². The number of amides is 2. The summed E-state index contributed by atoms with van der Waals surface area (Å²) in [5, 5.41) is 2.95. The molecule has 0 bridgehead atoms. The Balaban J connectivity index is 1.41. The summed E-state index contributed by atoms with van der Waals surface area (Å²) < 4.78 is 5.01. The standard InChI is InChI=1S/C17H24N4O2S/c1-13-16(24-12-19-13)10-20(2)8-15-3-5-21(9-15)17(22)18-7-14-4-6-23-11-14/h4,6,11-12,15H,3,5,7-10H2,1-2H3,(H,18,22)/t15-/m1/s1. The number of thiazole rings is 1. The van der Waals surface area contributed by atoms with Gasteiger partial charge < -0.3 is 19.5 Å². The van der Waals surface area contributed by atoms with Gasteiger partial charge in [0.05, 0.1) is 23.7 Å². The molecule has 0 spiro atoms. The van der Waals surface area contributed by atoms with E-state index in [0.29, 0.717) is 12.5 Å². The highest BCUT2D eigenvalue weighted by molar-refractivity contribution is 7.09. The Morgan fingerprint density at radius 2 is 2.46 bits per heavy atom. The molecule has 2 aromatic rings. The molecule has 0 aromatic carbocycles. The van der Waals surface area contributed by atoms with Crippen molar-refractivity contribution in [3.8, 4) is 0 Å². The van der Waals surface area contributed by atoms with E-state index < -0.39 is 0 Å². The maximum absolute atomic E-state index is 12.2. The third kappa shape index (κ3) is 4.36. The van der Waals surface area contributed by atoms with Crippen molar-refractivity contribution in [3.63, 3.8) is 0 Å². The van der Waals surface area contributed by atoms with Crippen LogP contribution in [0.1, 0.15) is 22.6 Å². The molecule has 130 valence electrons. The molecule has 24 heavy (non-hydrogen) atoms. The topological polar surface area (TPSA) is 61.6 Å². The van der Waals surface area contributed by atoms with Crippen molar-refractivity contribution in [2.45, 2.75) is 26.4 Å². The smallest absolute Gasteiger partial charge is 0.317 e. The molecule has 1 aliphatic rings. The van der Waals surface area contributed by atoms with Crippen LogP contribution in [0.5, 0.6) is 0 Å². The van der Waals surface area contributed by atoms with Crippen molar-refractivity contribution in [1.29, 1.82) is 0 Å². The van der Waals surface area contributed by atoms with Crippen LogP contribution in [0.15, 0.2) is 28.5 Å². The number of likely N-dealkylation sites (tertiary alicyclic amines) is 1. The summed E-state index contributed by atoms with van der Waals surface area (Å²) in [4.78, 5) is 22.1. The maximum Gasteiger partial charge on any atom is 0.317 e. The van der Waals surface area contributed by atoms with Crippen LogP contribution in [0.3, 0.4) is 0 Å². The Kier molecular flexibility index (Phi) is 5.52. The second kappa shape index (κ2) is 7.81. The second-order valence-electron chi connectivity index (χ2n) is 6.45. The minimum atomic E-state index is 0.0136. The van der Waals surface area contributed by atoms with Gasteiger partial charge in [-0.3, -0.25) is 0 Å². The van der Waals surface area contributed by atoms with Gasteiger partial charge in [0.1, 0.15) is 0 Å². The lowest BCUT2D eigenvalue weighted by molar-refractivity contribution is 0.203. The summed E-state index contributed by atoms with van der Waals surface area (Å²) in [5.74, 6) is 0.530. The van der Waals surface area contributed by atoms with Crippen molar-refractivity contribution in [2.24, 2.45) is 5.92 Å². The van der Waals surface area contributed by atoms with Crippen LogP contribution in [0.25, 0.3) is 0 Å². The largest absolute Gasteiger partial charge is 0.472 e. The number of nitrogens with one attached hydrogen (secondary N) is 1. The highest BCUT2D eigenvalue weighted by atomic mass is 32.1. The van der Waals surface area contributed by atoms with Gasteiger partial charge in [-0.2, -0.15) is 0 Å². The zero-order valence-electron chi connectivity index (χ0n) is 14.2. The van der Waals surface area contributed by atoms with E-state index in [1.54, 1.807) is 23.9 Å². The molecule has 1 N–H and O–H groups in total. The molecule has 0 saturated carbocycles. The lowest BCUT2D eigenvalue weighted by Crippen LogP contribution is -2.38. The Hall–Kier alpha value is -1.86. The SMILES string of the molecule is Cc1ncsc1CN(C)C[C@H]1CCN(C(=O)NCc2ccoc2)C1. The lowest BCUT2D eigenvalue weighted by Gasteiger charge is -2.21. The number of furan rings is 1. The lowest BCUT2D eigenvalue weighted by atomic mass is 10.1. The molecule has 7 heteroatoms. The van der Waals surface area contributed by atoms with Crippen molar-refractivity contribution in [1.82, 2.24) is 20.1 Å². The van der Waals surface area contributed by atoms with Gasteiger partial charge in [-0.1, -0.05) is 0 Å². The predicted octanol–water partition coefficient (Wildman–Crippen LogP) is 2.71. The number of aromatic nitrogens is 1. The van der Waals surface area contributed by atoms with E-state index in [0.717, 1.165) is 43.9 Å². The predicted molar refractivity (Wildman–Crippen MR) is 93.8 cm³/mol.